The standard InChI is InChI=1S/C24H18N2O2/c25-18-20(13-9-12-19-10-3-1-4-11-19)24(27)26-22-16-7-8-17-23(22)28-21-14-5-2-6-15-21/h1-17H,(H,26,27)/b12-9+,20-13-. The van der Waals surface area contributed by atoms with Crippen molar-refractivity contribution in [2.24, 2.45) is 0 Å². The van der Waals surface area contributed by atoms with Gasteiger partial charge in [0.2, 0.25) is 0 Å². The molecule has 3 rings (SSSR count). The fourth-order valence-corrected chi connectivity index (χ4v) is 2.45. The monoisotopic (exact) mass is 366 g/mol. The number of benzene rings is 3. The molecule has 0 saturated carbocycles. The van der Waals surface area contributed by atoms with Gasteiger partial charge in [-0.15, -0.1) is 0 Å². The second-order valence-electron chi connectivity index (χ2n) is 5.83. The van der Waals surface area contributed by atoms with Gasteiger partial charge in [-0.1, -0.05) is 72.8 Å². The molecule has 136 valence electrons. The Balaban J connectivity index is 1.73. The molecule has 0 unspecified atom stereocenters. The SMILES string of the molecule is N#C/C(=C/C=C/c1ccccc1)C(=O)Nc1ccccc1Oc1ccccc1. The summed E-state index contributed by atoms with van der Waals surface area (Å²) in [4.78, 5) is 12.5. The van der Waals surface area contributed by atoms with Gasteiger partial charge in [0.1, 0.15) is 17.4 Å². The molecule has 0 heterocycles. The van der Waals surface area contributed by atoms with E-state index in [2.05, 4.69) is 5.32 Å². The zero-order valence-corrected chi connectivity index (χ0v) is 15.1. The van der Waals surface area contributed by atoms with Gasteiger partial charge in [0.25, 0.3) is 5.91 Å². The van der Waals surface area contributed by atoms with E-state index in [-0.39, 0.29) is 5.57 Å². The highest BCUT2D eigenvalue weighted by Crippen LogP contribution is 2.29. The van der Waals surface area contributed by atoms with Crippen LogP contribution in [0, 0.1) is 11.3 Å². The Morgan fingerprint density at radius 3 is 2.25 bits per heavy atom. The highest BCUT2D eigenvalue weighted by Gasteiger charge is 2.12. The minimum Gasteiger partial charge on any atom is -0.455 e. The van der Waals surface area contributed by atoms with Crippen LogP contribution in [0.15, 0.2) is 103 Å². The highest BCUT2D eigenvalue weighted by molar-refractivity contribution is 6.07. The molecule has 1 amide bonds. The van der Waals surface area contributed by atoms with E-state index in [1.165, 1.54) is 6.08 Å². The Morgan fingerprint density at radius 1 is 0.893 bits per heavy atom. The minimum atomic E-state index is -0.496. The molecule has 28 heavy (non-hydrogen) atoms. The van der Waals surface area contributed by atoms with E-state index in [1.807, 2.05) is 78.9 Å². The number of ether oxygens (including phenoxy) is 1. The molecule has 0 atom stereocenters. The molecule has 0 aliphatic heterocycles. The third-order valence-corrected chi connectivity index (χ3v) is 3.82. The first kappa shape index (κ1) is 18.7. The van der Waals surface area contributed by atoms with Crippen molar-refractivity contribution in [1.29, 1.82) is 5.26 Å². The van der Waals surface area contributed by atoms with Crippen LogP contribution in [0.5, 0.6) is 11.5 Å². The normalized spacial score (nSPS) is 11.0. The second-order valence-corrected chi connectivity index (χ2v) is 5.83. The van der Waals surface area contributed by atoms with Crippen molar-refractivity contribution in [3.8, 4) is 17.6 Å². The molecule has 0 aliphatic carbocycles. The van der Waals surface area contributed by atoms with Crippen LogP contribution in [0.25, 0.3) is 6.08 Å². The number of anilines is 1. The Bertz CT molecular complexity index is 1030. The predicted molar refractivity (Wildman–Crippen MR) is 111 cm³/mol. The number of hydrogen-bond donors (Lipinski definition) is 1. The topological polar surface area (TPSA) is 62.1 Å². The van der Waals surface area contributed by atoms with Gasteiger partial charge < -0.3 is 10.1 Å². The third kappa shape index (κ3) is 5.20. The molecule has 0 aliphatic rings. The summed E-state index contributed by atoms with van der Waals surface area (Å²) in [7, 11) is 0. The van der Waals surface area contributed by atoms with Crippen LogP contribution in [0.2, 0.25) is 0 Å². The fourth-order valence-electron chi connectivity index (χ4n) is 2.45. The largest absolute Gasteiger partial charge is 0.455 e. The maximum Gasteiger partial charge on any atom is 0.266 e. The van der Waals surface area contributed by atoms with Gasteiger partial charge in [-0.2, -0.15) is 5.26 Å². The summed E-state index contributed by atoms with van der Waals surface area (Å²) in [6, 6.07) is 28.0. The third-order valence-electron chi connectivity index (χ3n) is 3.82. The first-order valence-electron chi connectivity index (χ1n) is 8.73. The summed E-state index contributed by atoms with van der Waals surface area (Å²) in [6.07, 6.45) is 5.00. The van der Waals surface area contributed by atoms with E-state index in [1.54, 1.807) is 24.3 Å². The van der Waals surface area contributed by atoms with Crippen molar-refractivity contribution in [2.75, 3.05) is 5.32 Å². The van der Waals surface area contributed by atoms with Gasteiger partial charge in [0.15, 0.2) is 5.75 Å². The first-order valence-corrected chi connectivity index (χ1v) is 8.73. The second kappa shape index (κ2) is 9.56. The quantitative estimate of drug-likeness (QED) is 0.352. The molecule has 0 aromatic heterocycles. The Morgan fingerprint density at radius 2 is 1.54 bits per heavy atom. The molecule has 1 N–H and O–H groups in total. The summed E-state index contributed by atoms with van der Waals surface area (Å²) in [6.45, 7) is 0. The van der Waals surface area contributed by atoms with E-state index in [9.17, 15) is 10.1 Å². The maximum atomic E-state index is 12.5. The van der Waals surface area contributed by atoms with Crippen molar-refractivity contribution in [3.63, 3.8) is 0 Å². The zero-order valence-electron chi connectivity index (χ0n) is 15.1. The van der Waals surface area contributed by atoms with Gasteiger partial charge in [-0.05, 0) is 35.9 Å². The van der Waals surface area contributed by atoms with Gasteiger partial charge in [-0.3, -0.25) is 4.79 Å². The van der Waals surface area contributed by atoms with Gasteiger partial charge >= 0.3 is 0 Å². The Kier molecular flexibility index (Phi) is 6.38. The average Bonchev–Trinajstić information content (AvgIpc) is 2.74. The minimum absolute atomic E-state index is 0.00157. The van der Waals surface area contributed by atoms with Gasteiger partial charge in [0.05, 0.1) is 5.69 Å². The van der Waals surface area contributed by atoms with Crippen LogP contribution in [0.4, 0.5) is 5.69 Å². The first-order chi connectivity index (χ1) is 13.8. The molecule has 3 aromatic carbocycles. The van der Waals surface area contributed by atoms with Crippen LogP contribution in [0.3, 0.4) is 0 Å². The smallest absolute Gasteiger partial charge is 0.266 e. The molecule has 0 fully saturated rings. The van der Waals surface area contributed by atoms with Crippen molar-refractivity contribution in [2.45, 2.75) is 0 Å². The van der Waals surface area contributed by atoms with Gasteiger partial charge in [0, 0.05) is 0 Å². The summed E-state index contributed by atoms with van der Waals surface area (Å²) in [5.41, 5.74) is 1.48. The molecule has 4 heteroatoms. The zero-order chi connectivity index (χ0) is 19.6. The number of nitrogens with zero attached hydrogens (tertiary/aromatic N) is 1. The van der Waals surface area contributed by atoms with Crippen LogP contribution in [-0.4, -0.2) is 5.91 Å². The average molecular weight is 366 g/mol. The number of allylic oxidation sites excluding steroid dienone is 2. The maximum absolute atomic E-state index is 12.5. The molecule has 0 spiro atoms. The van der Waals surface area contributed by atoms with Crippen molar-refractivity contribution in [1.82, 2.24) is 0 Å². The number of para-hydroxylation sites is 3. The summed E-state index contributed by atoms with van der Waals surface area (Å²) in [5.74, 6) is 0.662. The number of rotatable bonds is 6. The van der Waals surface area contributed by atoms with E-state index in [4.69, 9.17) is 4.74 Å². The Labute approximate surface area is 164 Å². The van der Waals surface area contributed by atoms with E-state index < -0.39 is 5.91 Å². The lowest BCUT2D eigenvalue weighted by Gasteiger charge is -2.11. The molecular formula is C24H18N2O2. The number of nitrogens with one attached hydrogen (secondary N) is 1. The molecule has 3 aromatic rings. The van der Waals surface area contributed by atoms with Crippen LogP contribution >= 0.6 is 0 Å². The van der Waals surface area contributed by atoms with Crippen LogP contribution < -0.4 is 10.1 Å². The number of amides is 1. The summed E-state index contributed by atoms with van der Waals surface area (Å²) < 4.78 is 5.83. The number of carbonyl (C=O) groups is 1. The number of hydrogen-bond acceptors (Lipinski definition) is 3. The van der Waals surface area contributed by atoms with Gasteiger partial charge in [-0.25, -0.2) is 0 Å². The molecule has 4 nitrogen and oxygen atoms in total. The lowest BCUT2D eigenvalue weighted by Crippen LogP contribution is -2.14. The molecular weight excluding hydrogens is 348 g/mol. The van der Waals surface area contributed by atoms with Crippen molar-refractivity contribution < 1.29 is 9.53 Å². The van der Waals surface area contributed by atoms with Crippen molar-refractivity contribution in [3.05, 3.63) is 108 Å². The highest BCUT2D eigenvalue weighted by atomic mass is 16.5. The van der Waals surface area contributed by atoms with E-state index in [0.29, 0.717) is 17.2 Å². The van der Waals surface area contributed by atoms with E-state index >= 15 is 0 Å². The number of nitriles is 1. The fraction of sp³-hybridized carbons (Fsp3) is 0. The molecule has 0 saturated heterocycles. The summed E-state index contributed by atoms with van der Waals surface area (Å²) in [5, 5.41) is 12.1. The molecule has 0 bridgehead atoms. The van der Waals surface area contributed by atoms with Crippen LogP contribution in [-0.2, 0) is 4.79 Å². The molecule has 0 radical (unpaired) electrons. The van der Waals surface area contributed by atoms with Crippen molar-refractivity contribution >= 4 is 17.7 Å². The lowest BCUT2D eigenvalue weighted by molar-refractivity contribution is -0.112. The lowest BCUT2D eigenvalue weighted by atomic mass is 10.2. The van der Waals surface area contributed by atoms with Crippen LogP contribution in [0.1, 0.15) is 5.56 Å². The van der Waals surface area contributed by atoms with E-state index in [0.717, 1.165) is 5.56 Å². The predicted octanol–water partition coefficient (Wildman–Crippen LogP) is 5.58. The summed E-state index contributed by atoms with van der Waals surface area (Å²) >= 11 is 0. The number of carbonyl (C=O) groups excluding carboxylic acids is 1. The Hall–Kier alpha value is -4.10.